The van der Waals surface area contributed by atoms with E-state index in [1.54, 1.807) is 0 Å². The van der Waals surface area contributed by atoms with Gasteiger partial charge in [0, 0.05) is 49.9 Å². The Morgan fingerprint density at radius 1 is 0.286 bits per heavy atom. The van der Waals surface area contributed by atoms with Gasteiger partial charge in [-0.2, -0.15) is 0 Å². The summed E-state index contributed by atoms with van der Waals surface area (Å²) in [4.78, 5) is 0. The largest absolute Gasteiger partial charge is 0.355 e. The van der Waals surface area contributed by atoms with Crippen molar-refractivity contribution in [1.82, 2.24) is 9.13 Å². The second-order valence-electron chi connectivity index (χ2n) is 16.2. The van der Waals surface area contributed by atoms with Crippen LogP contribution in [0.25, 0.3) is 99.5 Å². The molecule has 0 saturated carbocycles. The SMILES string of the molecule is c1ccc(-c2ccc(Nc3ccccc3-c3cccc(-c4ccc5c(c4)c4c(ccc6c7ccccc7n(-c7ccccc7)c64)n5-c4cccc(-c5ccccc5)c4)c3)cc2)cc1. The predicted octanol–water partition coefficient (Wildman–Crippen LogP) is 16.3. The summed E-state index contributed by atoms with van der Waals surface area (Å²) in [5, 5.41) is 8.66. The molecular weight excluding hydrogens is 763 g/mol. The molecule has 12 aromatic rings. The standard InChI is InChI=1S/C60H41N3/c1-4-16-41(17-5-1)43-30-33-48(34-31-43)61-55-28-12-10-26-51(55)47-22-14-20-44(38-47)46-32-36-57-54(40-46)59-58(62(57)50-25-15-21-45(39-50)42-18-6-2-7-19-42)37-35-53-52-27-11-13-29-56(52)63(60(53)59)49-23-8-3-9-24-49/h1-40,61H. The fourth-order valence-corrected chi connectivity index (χ4v) is 9.56. The van der Waals surface area contributed by atoms with Crippen molar-refractivity contribution in [3.8, 4) is 55.9 Å². The molecule has 10 aromatic carbocycles. The van der Waals surface area contributed by atoms with Crippen LogP contribution in [0.1, 0.15) is 0 Å². The average Bonchev–Trinajstić information content (AvgIpc) is 3.88. The van der Waals surface area contributed by atoms with Gasteiger partial charge in [-0.05, 0) is 112 Å². The number of anilines is 2. The molecule has 296 valence electrons. The minimum Gasteiger partial charge on any atom is -0.355 e. The number of para-hydroxylation sites is 3. The van der Waals surface area contributed by atoms with Crippen molar-refractivity contribution < 1.29 is 0 Å². The maximum Gasteiger partial charge on any atom is 0.0641 e. The van der Waals surface area contributed by atoms with Crippen LogP contribution >= 0.6 is 0 Å². The highest BCUT2D eigenvalue weighted by Gasteiger charge is 2.22. The monoisotopic (exact) mass is 803 g/mol. The first-order valence-corrected chi connectivity index (χ1v) is 21.6. The molecule has 63 heavy (non-hydrogen) atoms. The van der Waals surface area contributed by atoms with E-state index in [9.17, 15) is 0 Å². The molecule has 1 N–H and O–H groups in total. The van der Waals surface area contributed by atoms with Crippen LogP contribution in [-0.2, 0) is 0 Å². The van der Waals surface area contributed by atoms with Crippen molar-refractivity contribution in [2.24, 2.45) is 0 Å². The first-order chi connectivity index (χ1) is 31.2. The molecule has 0 radical (unpaired) electrons. The third-order valence-corrected chi connectivity index (χ3v) is 12.5. The molecule has 0 aliphatic rings. The van der Waals surface area contributed by atoms with Crippen LogP contribution in [0.2, 0.25) is 0 Å². The van der Waals surface area contributed by atoms with Crippen LogP contribution in [-0.4, -0.2) is 9.13 Å². The Kier molecular flexibility index (Phi) is 8.83. The number of hydrogen-bond donors (Lipinski definition) is 1. The molecule has 0 aliphatic carbocycles. The van der Waals surface area contributed by atoms with Crippen LogP contribution in [0.5, 0.6) is 0 Å². The summed E-state index contributed by atoms with van der Waals surface area (Å²) in [5.41, 5.74) is 18.6. The molecule has 0 fully saturated rings. The molecular formula is C60H41N3. The number of aromatic nitrogens is 2. The van der Waals surface area contributed by atoms with E-state index in [2.05, 4.69) is 257 Å². The van der Waals surface area contributed by atoms with E-state index >= 15 is 0 Å². The third-order valence-electron chi connectivity index (χ3n) is 12.5. The Balaban J connectivity index is 1.03. The smallest absolute Gasteiger partial charge is 0.0641 e. The normalized spacial score (nSPS) is 11.5. The molecule has 0 atom stereocenters. The van der Waals surface area contributed by atoms with Crippen molar-refractivity contribution in [2.45, 2.75) is 0 Å². The van der Waals surface area contributed by atoms with Crippen LogP contribution in [0.3, 0.4) is 0 Å². The van der Waals surface area contributed by atoms with Gasteiger partial charge in [0.05, 0.1) is 22.1 Å². The Morgan fingerprint density at radius 2 is 0.825 bits per heavy atom. The second kappa shape index (κ2) is 15.3. The van der Waals surface area contributed by atoms with Gasteiger partial charge in [0.15, 0.2) is 0 Å². The van der Waals surface area contributed by atoms with Gasteiger partial charge in [-0.25, -0.2) is 0 Å². The number of fused-ring (bicyclic) bond motifs is 7. The highest BCUT2D eigenvalue weighted by atomic mass is 15.0. The van der Waals surface area contributed by atoms with E-state index in [4.69, 9.17) is 0 Å². The van der Waals surface area contributed by atoms with E-state index in [0.29, 0.717) is 0 Å². The topological polar surface area (TPSA) is 21.9 Å². The van der Waals surface area contributed by atoms with Crippen LogP contribution in [0.4, 0.5) is 11.4 Å². The highest BCUT2D eigenvalue weighted by Crippen LogP contribution is 2.44. The minimum absolute atomic E-state index is 1.05. The maximum absolute atomic E-state index is 3.73. The lowest BCUT2D eigenvalue weighted by Crippen LogP contribution is -1.95. The average molecular weight is 804 g/mol. The van der Waals surface area contributed by atoms with E-state index < -0.39 is 0 Å². The zero-order valence-corrected chi connectivity index (χ0v) is 34.5. The van der Waals surface area contributed by atoms with Crippen LogP contribution in [0, 0.1) is 0 Å². The van der Waals surface area contributed by atoms with Gasteiger partial charge in [-0.15, -0.1) is 0 Å². The number of rotatable bonds is 8. The van der Waals surface area contributed by atoms with Crippen molar-refractivity contribution in [3.05, 3.63) is 243 Å². The number of hydrogen-bond acceptors (Lipinski definition) is 1. The molecule has 0 aliphatic heterocycles. The molecule has 0 amide bonds. The molecule has 0 bridgehead atoms. The quantitative estimate of drug-likeness (QED) is 0.162. The number of nitrogens with one attached hydrogen (secondary N) is 1. The Hall–Kier alpha value is -8.40. The Labute approximate surface area is 366 Å². The van der Waals surface area contributed by atoms with E-state index in [-0.39, 0.29) is 0 Å². The van der Waals surface area contributed by atoms with E-state index in [1.807, 2.05) is 0 Å². The summed E-state index contributed by atoms with van der Waals surface area (Å²) in [6, 6.07) is 87.7. The molecule has 3 nitrogen and oxygen atoms in total. The summed E-state index contributed by atoms with van der Waals surface area (Å²) < 4.78 is 4.92. The van der Waals surface area contributed by atoms with Gasteiger partial charge in [0.25, 0.3) is 0 Å². The molecule has 3 heteroatoms. The molecule has 12 rings (SSSR count). The number of benzene rings is 10. The Bertz CT molecular complexity index is 3620. The first kappa shape index (κ1) is 36.5. The molecule has 0 saturated heterocycles. The zero-order chi connectivity index (χ0) is 41.7. The molecule has 2 heterocycles. The lowest BCUT2D eigenvalue weighted by molar-refractivity contribution is 1.17. The van der Waals surface area contributed by atoms with Crippen LogP contribution < -0.4 is 5.32 Å². The lowest BCUT2D eigenvalue weighted by Gasteiger charge is -2.14. The van der Waals surface area contributed by atoms with Gasteiger partial charge in [0.1, 0.15) is 0 Å². The highest BCUT2D eigenvalue weighted by molar-refractivity contribution is 6.26. The van der Waals surface area contributed by atoms with E-state index in [1.165, 1.54) is 77.0 Å². The summed E-state index contributed by atoms with van der Waals surface area (Å²) in [6.07, 6.45) is 0. The van der Waals surface area contributed by atoms with Crippen LogP contribution in [0.15, 0.2) is 243 Å². The Morgan fingerprint density at radius 3 is 1.62 bits per heavy atom. The van der Waals surface area contributed by atoms with Gasteiger partial charge >= 0.3 is 0 Å². The van der Waals surface area contributed by atoms with Gasteiger partial charge in [-0.3, -0.25) is 0 Å². The van der Waals surface area contributed by atoms with E-state index in [0.717, 1.165) is 33.9 Å². The summed E-state index contributed by atoms with van der Waals surface area (Å²) in [6.45, 7) is 0. The summed E-state index contributed by atoms with van der Waals surface area (Å²) in [5.74, 6) is 0. The fraction of sp³-hybridized carbons (Fsp3) is 0. The maximum atomic E-state index is 3.73. The zero-order valence-electron chi connectivity index (χ0n) is 34.5. The molecule has 0 spiro atoms. The first-order valence-electron chi connectivity index (χ1n) is 21.6. The minimum atomic E-state index is 1.05. The van der Waals surface area contributed by atoms with Crippen molar-refractivity contribution in [2.75, 3.05) is 5.32 Å². The lowest BCUT2D eigenvalue weighted by atomic mass is 9.96. The number of nitrogens with zero attached hydrogens (tertiary/aromatic N) is 2. The summed E-state index contributed by atoms with van der Waals surface area (Å²) in [7, 11) is 0. The predicted molar refractivity (Wildman–Crippen MR) is 267 cm³/mol. The van der Waals surface area contributed by atoms with Crippen molar-refractivity contribution >= 4 is 55.0 Å². The van der Waals surface area contributed by atoms with Gasteiger partial charge in [0.2, 0.25) is 0 Å². The second-order valence-corrected chi connectivity index (χ2v) is 16.2. The van der Waals surface area contributed by atoms with Crippen molar-refractivity contribution in [3.63, 3.8) is 0 Å². The van der Waals surface area contributed by atoms with Gasteiger partial charge < -0.3 is 14.5 Å². The third kappa shape index (κ3) is 6.38. The van der Waals surface area contributed by atoms with Crippen molar-refractivity contribution in [1.29, 1.82) is 0 Å². The van der Waals surface area contributed by atoms with Gasteiger partial charge in [-0.1, -0.05) is 170 Å². The summed E-state index contributed by atoms with van der Waals surface area (Å²) >= 11 is 0. The fourth-order valence-electron chi connectivity index (χ4n) is 9.56. The molecule has 2 aromatic heterocycles. The molecule has 0 unspecified atom stereocenters.